The lowest BCUT2D eigenvalue weighted by atomic mass is 9.82. The molecular weight excluding hydrogens is 813 g/mol. The number of nitrogens with zero attached hydrogens (tertiary/aromatic N) is 7. The Morgan fingerprint density at radius 3 is 2.34 bits per heavy atom. The van der Waals surface area contributed by atoms with Crippen LogP contribution in [0.5, 0.6) is 5.75 Å². The van der Waals surface area contributed by atoms with Crippen molar-refractivity contribution < 1.29 is 29.4 Å². The number of phenols is 1. The zero-order chi connectivity index (χ0) is 45.1. The molecule has 5 heterocycles. The van der Waals surface area contributed by atoms with Gasteiger partial charge in [-0.3, -0.25) is 29.0 Å². The number of phenolic OH excluding ortho intramolecular Hbond substituents is 1. The molecule has 4 amide bonds. The van der Waals surface area contributed by atoms with E-state index in [0.717, 1.165) is 68.2 Å². The second-order valence-electron chi connectivity index (χ2n) is 19.1. The molecular formula is C48H62N10O6. The molecule has 64 heavy (non-hydrogen) atoms. The largest absolute Gasteiger partial charge is 0.507 e. The van der Waals surface area contributed by atoms with Crippen molar-refractivity contribution in [2.24, 2.45) is 11.3 Å². The monoisotopic (exact) mass is 874 g/mol. The summed E-state index contributed by atoms with van der Waals surface area (Å²) in [5, 5.41) is 39.2. The number of terminal acetylenes is 1. The third-order valence-corrected chi connectivity index (χ3v) is 13.8. The number of likely N-dealkylation sites (tertiary alicyclic amines) is 1. The number of aromatic nitrogens is 2. The molecule has 1 aliphatic carbocycles. The minimum absolute atomic E-state index is 0.0194. The van der Waals surface area contributed by atoms with Gasteiger partial charge in [0.25, 0.3) is 0 Å². The lowest BCUT2D eigenvalue weighted by Crippen LogP contribution is -2.60. The fraction of sp³-hybridized carbons (Fsp3) is 0.542. The van der Waals surface area contributed by atoms with Crippen molar-refractivity contribution in [2.45, 2.75) is 89.7 Å². The van der Waals surface area contributed by atoms with Crippen LogP contribution in [0.1, 0.15) is 64.0 Å². The fourth-order valence-corrected chi connectivity index (χ4v) is 10.1. The van der Waals surface area contributed by atoms with Crippen LogP contribution in [0.2, 0.25) is 0 Å². The van der Waals surface area contributed by atoms with Gasteiger partial charge in [0, 0.05) is 95.0 Å². The van der Waals surface area contributed by atoms with E-state index in [1.807, 2.05) is 56.0 Å². The summed E-state index contributed by atoms with van der Waals surface area (Å²) in [6.07, 6.45) is 7.85. The Morgan fingerprint density at radius 2 is 1.64 bits per heavy atom. The Balaban J connectivity index is 0.780. The molecule has 4 aliphatic heterocycles. The van der Waals surface area contributed by atoms with Gasteiger partial charge in [-0.05, 0) is 67.0 Å². The van der Waals surface area contributed by atoms with Crippen LogP contribution >= 0.6 is 0 Å². The SMILES string of the molecule is C#Cc1ccc(CNC(=O)[C@@H]2C[C@@H](O)CN2C(=O)[C@@H](NC(=O)[C@H]2CC[C@@H](N3CCN(C(=O)CN4CCN5c6cc(-c7ccccc7O)nnc6NC[C@H]5C4)CC3)CC2)C(C)(C)C)cc1. The van der Waals surface area contributed by atoms with Gasteiger partial charge in [-0.25, -0.2) is 0 Å². The number of benzene rings is 2. The highest BCUT2D eigenvalue weighted by molar-refractivity contribution is 5.93. The number of carbonyl (C=O) groups is 4. The molecule has 5 aliphatic rings. The van der Waals surface area contributed by atoms with Crippen molar-refractivity contribution in [3.05, 3.63) is 65.7 Å². The number of aromatic hydroxyl groups is 1. The predicted molar refractivity (Wildman–Crippen MR) is 243 cm³/mol. The van der Waals surface area contributed by atoms with Gasteiger partial charge in [-0.2, -0.15) is 0 Å². The highest BCUT2D eigenvalue weighted by Gasteiger charge is 2.45. The average Bonchev–Trinajstić information content (AvgIpc) is 3.71. The number of anilines is 2. The molecule has 1 aromatic heterocycles. The molecule has 3 aromatic rings. The van der Waals surface area contributed by atoms with Crippen molar-refractivity contribution in [1.82, 2.24) is 40.4 Å². The van der Waals surface area contributed by atoms with Gasteiger partial charge in [0.1, 0.15) is 17.8 Å². The number of hydrogen-bond donors (Lipinski definition) is 5. The van der Waals surface area contributed by atoms with E-state index in [2.05, 4.69) is 46.8 Å². The molecule has 3 saturated heterocycles. The summed E-state index contributed by atoms with van der Waals surface area (Å²) in [4.78, 5) is 65.5. The fourth-order valence-electron chi connectivity index (χ4n) is 10.1. The van der Waals surface area contributed by atoms with E-state index in [0.29, 0.717) is 56.3 Å². The first kappa shape index (κ1) is 44.8. The third-order valence-electron chi connectivity index (χ3n) is 13.8. The van der Waals surface area contributed by atoms with E-state index in [1.165, 1.54) is 4.90 Å². The molecule has 16 nitrogen and oxygen atoms in total. The number of fused-ring (bicyclic) bond motifs is 3. The summed E-state index contributed by atoms with van der Waals surface area (Å²) in [5.41, 5.74) is 3.18. The van der Waals surface area contributed by atoms with Crippen molar-refractivity contribution in [3.63, 3.8) is 0 Å². The number of rotatable bonds is 10. The van der Waals surface area contributed by atoms with Crippen LogP contribution in [0.25, 0.3) is 11.3 Å². The Labute approximate surface area is 375 Å². The Morgan fingerprint density at radius 1 is 0.906 bits per heavy atom. The molecule has 1 saturated carbocycles. The summed E-state index contributed by atoms with van der Waals surface area (Å²) >= 11 is 0. The lowest BCUT2D eigenvalue weighted by Gasteiger charge is -2.46. The molecule has 0 bridgehead atoms. The van der Waals surface area contributed by atoms with Gasteiger partial charge in [-0.1, -0.05) is 51.0 Å². The Bertz CT molecular complexity index is 2230. The maximum absolute atomic E-state index is 14.2. The highest BCUT2D eigenvalue weighted by Crippen LogP contribution is 2.36. The average molecular weight is 875 g/mol. The minimum Gasteiger partial charge on any atom is -0.507 e. The number of piperazine rings is 2. The van der Waals surface area contributed by atoms with Crippen LogP contribution in [0.4, 0.5) is 11.5 Å². The second-order valence-corrected chi connectivity index (χ2v) is 19.1. The number of nitrogens with one attached hydrogen (secondary N) is 3. The highest BCUT2D eigenvalue weighted by atomic mass is 16.3. The summed E-state index contributed by atoms with van der Waals surface area (Å²) < 4.78 is 0. The molecule has 4 fully saturated rings. The number of carbonyl (C=O) groups excluding carboxylic acids is 4. The van der Waals surface area contributed by atoms with Gasteiger partial charge in [0.05, 0.1) is 30.1 Å². The predicted octanol–water partition coefficient (Wildman–Crippen LogP) is 2.26. The third kappa shape index (κ3) is 9.96. The number of amides is 4. The Kier molecular flexibility index (Phi) is 13.4. The van der Waals surface area contributed by atoms with Crippen molar-refractivity contribution >= 4 is 35.1 Å². The maximum atomic E-state index is 14.2. The topological polar surface area (TPSA) is 187 Å². The maximum Gasteiger partial charge on any atom is 0.246 e. The standard InChI is InChI=1S/C48H62N10O6/c1-5-31-10-12-32(13-11-31)26-50-46(63)40-24-36(59)29-58(40)47(64)43(48(2,3)4)51-45(62)33-14-16-34(17-15-33)55-19-21-56(22-20-55)42(61)30-54-18-23-57-35(28-54)27-49-44-39(57)25-38(52-53-44)37-8-6-7-9-41(37)60/h1,6-13,25,33-36,40,43,59-60H,14-24,26-30H2,2-4H3,(H,49,53)(H,50,63)(H,51,62)/t33-,34+,35-,36+,40-,43+/m0/s1. The van der Waals surface area contributed by atoms with E-state index in [9.17, 15) is 29.4 Å². The van der Waals surface area contributed by atoms with E-state index in [-0.39, 0.29) is 60.8 Å². The van der Waals surface area contributed by atoms with Crippen LogP contribution in [0.3, 0.4) is 0 Å². The van der Waals surface area contributed by atoms with Gasteiger partial charge in [-0.15, -0.1) is 16.6 Å². The molecule has 8 rings (SSSR count). The van der Waals surface area contributed by atoms with Gasteiger partial charge in [0.15, 0.2) is 5.82 Å². The molecule has 4 atom stereocenters. The normalized spacial score (nSPS) is 24.4. The van der Waals surface area contributed by atoms with Crippen LogP contribution in [0.15, 0.2) is 54.6 Å². The summed E-state index contributed by atoms with van der Waals surface area (Å²) in [6.45, 7) is 12.2. The number of hydrogen-bond acceptors (Lipinski definition) is 12. The quantitative estimate of drug-likeness (QED) is 0.188. The van der Waals surface area contributed by atoms with E-state index >= 15 is 0 Å². The van der Waals surface area contributed by atoms with E-state index in [1.54, 1.807) is 24.3 Å². The number of aliphatic hydroxyl groups is 1. The first-order chi connectivity index (χ1) is 30.7. The van der Waals surface area contributed by atoms with E-state index in [4.69, 9.17) is 6.42 Å². The number of aliphatic hydroxyl groups excluding tert-OH is 1. The smallest absolute Gasteiger partial charge is 0.246 e. The van der Waals surface area contributed by atoms with Crippen molar-refractivity contribution in [2.75, 3.05) is 75.7 Å². The minimum atomic E-state index is -0.876. The van der Waals surface area contributed by atoms with Crippen molar-refractivity contribution in [3.8, 4) is 29.4 Å². The van der Waals surface area contributed by atoms with Gasteiger partial charge in [0.2, 0.25) is 23.6 Å². The molecule has 5 N–H and O–H groups in total. The van der Waals surface area contributed by atoms with Crippen LogP contribution in [-0.4, -0.2) is 159 Å². The van der Waals surface area contributed by atoms with Gasteiger partial charge >= 0.3 is 0 Å². The number of para-hydroxylation sites is 1. The van der Waals surface area contributed by atoms with Crippen LogP contribution < -0.4 is 20.9 Å². The first-order valence-electron chi connectivity index (χ1n) is 22.8. The molecule has 0 unspecified atom stereocenters. The lowest BCUT2D eigenvalue weighted by molar-refractivity contribution is -0.144. The second kappa shape index (κ2) is 19.1. The first-order valence-corrected chi connectivity index (χ1v) is 22.8. The molecule has 2 aromatic carbocycles. The number of β-amino-alcohol motifs (C(OH)–C–C–N with tert-alkyl or cyclic N) is 1. The summed E-state index contributed by atoms with van der Waals surface area (Å²) in [7, 11) is 0. The Hall–Kier alpha value is -5.76. The van der Waals surface area contributed by atoms with Crippen molar-refractivity contribution in [1.29, 1.82) is 0 Å². The van der Waals surface area contributed by atoms with E-state index < -0.39 is 23.6 Å². The molecule has 0 spiro atoms. The molecule has 16 heteroatoms. The van der Waals surface area contributed by atoms with Crippen LogP contribution in [-0.2, 0) is 25.7 Å². The molecule has 0 radical (unpaired) electrons. The zero-order valence-corrected chi connectivity index (χ0v) is 37.2. The van der Waals surface area contributed by atoms with Crippen LogP contribution in [0, 0.1) is 23.7 Å². The zero-order valence-electron chi connectivity index (χ0n) is 37.2. The summed E-state index contributed by atoms with van der Waals surface area (Å²) in [6, 6.07) is 15.2. The van der Waals surface area contributed by atoms with Gasteiger partial charge < -0.3 is 40.9 Å². The molecule has 340 valence electrons. The summed E-state index contributed by atoms with van der Waals surface area (Å²) in [5.74, 6) is 2.51.